The molecule has 2 N–H and O–H groups in total. The highest BCUT2D eigenvalue weighted by Crippen LogP contribution is 2.32. The van der Waals surface area contributed by atoms with Gasteiger partial charge in [0.2, 0.25) is 0 Å². The van der Waals surface area contributed by atoms with E-state index in [2.05, 4.69) is 11.8 Å². The number of hydrogen-bond acceptors (Lipinski definition) is 3. The molecule has 1 atom stereocenters. The van der Waals surface area contributed by atoms with Crippen molar-refractivity contribution in [2.45, 2.75) is 25.4 Å². The van der Waals surface area contributed by atoms with Gasteiger partial charge < -0.3 is 15.4 Å². The monoisotopic (exact) mass is 254 g/mol. The summed E-state index contributed by atoms with van der Waals surface area (Å²) in [6, 6.07) is 5.61. The van der Waals surface area contributed by atoms with Crippen molar-refractivity contribution in [1.29, 1.82) is 0 Å². The first-order valence-electron chi connectivity index (χ1n) is 5.89. The van der Waals surface area contributed by atoms with Crippen LogP contribution in [-0.2, 0) is 4.74 Å². The van der Waals surface area contributed by atoms with Crippen LogP contribution in [0.1, 0.15) is 19.8 Å². The predicted molar refractivity (Wildman–Crippen MR) is 72.7 cm³/mol. The summed E-state index contributed by atoms with van der Waals surface area (Å²) in [4.78, 5) is 2.26. The average molecular weight is 255 g/mol. The Hall–Kier alpha value is -0.930. The summed E-state index contributed by atoms with van der Waals surface area (Å²) in [7, 11) is 1.77. The van der Waals surface area contributed by atoms with Gasteiger partial charge in [-0.05, 0) is 38.0 Å². The standard InChI is InChI=1S/C13H19ClN2O/c1-13(17-2)6-3-7-16(9-13)12-8-10(14)4-5-11(12)15/h4-5,8H,3,6-7,9,15H2,1-2H3. The summed E-state index contributed by atoms with van der Waals surface area (Å²) >= 11 is 6.03. The summed E-state index contributed by atoms with van der Waals surface area (Å²) in [5.74, 6) is 0. The maximum absolute atomic E-state index is 6.03. The van der Waals surface area contributed by atoms with Crippen molar-refractivity contribution >= 4 is 23.0 Å². The smallest absolute Gasteiger partial charge is 0.0825 e. The van der Waals surface area contributed by atoms with Crippen molar-refractivity contribution in [3.63, 3.8) is 0 Å². The van der Waals surface area contributed by atoms with Gasteiger partial charge in [-0.2, -0.15) is 0 Å². The lowest BCUT2D eigenvalue weighted by atomic mass is 9.94. The minimum Gasteiger partial charge on any atom is -0.397 e. The second kappa shape index (κ2) is 4.75. The summed E-state index contributed by atoms with van der Waals surface area (Å²) in [5.41, 5.74) is 7.71. The molecule has 0 aliphatic carbocycles. The van der Waals surface area contributed by atoms with Crippen LogP contribution in [0.25, 0.3) is 0 Å². The SMILES string of the molecule is COC1(C)CCCN(c2cc(Cl)ccc2N)C1. The van der Waals surface area contributed by atoms with Crippen LogP contribution in [0.3, 0.4) is 0 Å². The number of hydrogen-bond donors (Lipinski definition) is 1. The first kappa shape index (κ1) is 12.5. The van der Waals surface area contributed by atoms with Crippen LogP contribution in [0.15, 0.2) is 18.2 Å². The molecule has 0 bridgehead atoms. The molecule has 2 rings (SSSR count). The Labute approximate surface area is 107 Å². The number of nitrogens with two attached hydrogens (primary N) is 1. The first-order valence-corrected chi connectivity index (χ1v) is 6.27. The van der Waals surface area contributed by atoms with Crippen molar-refractivity contribution in [2.24, 2.45) is 0 Å². The Balaban J connectivity index is 2.24. The second-order valence-corrected chi connectivity index (χ2v) is 5.32. The largest absolute Gasteiger partial charge is 0.397 e. The Morgan fingerprint density at radius 1 is 1.47 bits per heavy atom. The van der Waals surface area contributed by atoms with Gasteiger partial charge in [-0.3, -0.25) is 0 Å². The Morgan fingerprint density at radius 3 is 2.94 bits per heavy atom. The molecule has 1 aliphatic rings. The molecular weight excluding hydrogens is 236 g/mol. The van der Waals surface area contributed by atoms with E-state index >= 15 is 0 Å². The molecule has 1 aromatic carbocycles. The number of anilines is 2. The third-order valence-corrected chi connectivity index (χ3v) is 3.72. The maximum Gasteiger partial charge on any atom is 0.0825 e. The molecule has 3 nitrogen and oxygen atoms in total. The molecule has 0 aromatic heterocycles. The molecule has 1 aromatic rings. The summed E-state index contributed by atoms with van der Waals surface area (Å²) in [6.45, 7) is 4.00. The number of halogens is 1. The minimum atomic E-state index is -0.0903. The Bertz CT molecular complexity index is 410. The summed E-state index contributed by atoms with van der Waals surface area (Å²) in [5, 5.41) is 0.721. The van der Waals surface area contributed by atoms with E-state index in [-0.39, 0.29) is 5.60 Å². The number of ether oxygens (including phenoxy) is 1. The quantitative estimate of drug-likeness (QED) is 0.825. The highest BCUT2D eigenvalue weighted by molar-refractivity contribution is 6.31. The third-order valence-electron chi connectivity index (χ3n) is 3.48. The average Bonchev–Trinajstić information content (AvgIpc) is 2.32. The molecule has 1 fully saturated rings. The predicted octanol–water partition coefficient (Wildman–Crippen LogP) is 2.93. The van der Waals surface area contributed by atoms with Crippen LogP contribution in [0.5, 0.6) is 0 Å². The van der Waals surface area contributed by atoms with Crippen molar-refractivity contribution in [3.8, 4) is 0 Å². The number of piperidine rings is 1. The molecule has 1 saturated heterocycles. The van der Waals surface area contributed by atoms with E-state index in [0.717, 1.165) is 42.3 Å². The molecule has 0 radical (unpaired) electrons. The van der Waals surface area contributed by atoms with E-state index in [0.29, 0.717) is 0 Å². The molecule has 94 valence electrons. The van der Waals surface area contributed by atoms with Crippen molar-refractivity contribution in [1.82, 2.24) is 0 Å². The van der Waals surface area contributed by atoms with E-state index in [9.17, 15) is 0 Å². The fraction of sp³-hybridized carbons (Fsp3) is 0.538. The number of rotatable bonds is 2. The normalized spacial score (nSPS) is 25.0. The topological polar surface area (TPSA) is 38.5 Å². The molecule has 1 heterocycles. The first-order chi connectivity index (χ1) is 8.04. The van der Waals surface area contributed by atoms with E-state index in [1.165, 1.54) is 0 Å². The van der Waals surface area contributed by atoms with Gasteiger partial charge >= 0.3 is 0 Å². The second-order valence-electron chi connectivity index (χ2n) is 4.88. The molecule has 0 saturated carbocycles. The number of benzene rings is 1. The fourth-order valence-electron chi connectivity index (χ4n) is 2.37. The fourth-order valence-corrected chi connectivity index (χ4v) is 2.53. The summed E-state index contributed by atoms with van der Waals surface area (Å²) < 4.78 is 5.58. The molecule has 0 spiro atoms. The zero-order valence-electron chi connectivity index (χ0n) is 10.4. The van der Waals surface area contributed by atoms with Crippen molar-refractivity contribution in [2.75, 3.05) is 30.8 Å². The molecule has 4 heteroatoms. The van der Waals surface area contributed by atoms with Crippen LogP contribution < -0.4 is 10.6 Å². The van der Waals surface area contributed by atoms with Crippen LogP contribution >= 0.6 is 11.6 Å². The molecule has 0 amide bonds. The van der Waals surface area contributed by atoms with Gasteiger partial charge in [-0.15, -0.1) is 0 Å². The third kappa shape index (κ3) is 2.67. The van der Waals surface area contributed by atoms with Crippen molar-refractivity contribution in [3.05, 3.63) is 23.2 Å². The Kier molecular flexibility index (Phi) is 3.50. The number of nitrogen functional groups attached to an aromatic ring is 1. The van der Waals surface area contributed by atoms with Gasteiger partial charge in [0.15, 0.2) is 0 Å². The van der Waals surface area contributed by atoms with E-state index in [4.69, 9.17) is 22.1 Å². The highest BCUT2D eigenvalue weighted by atomic mass is 35.5. The lowest BCUT2D eigenvalue weighted by molar-refractivity contribution is -0.00462. The molecule has 17 heavy (non-hydrogen) atoms. The van der Waals surface area contributed by atoms with Gasteiger partial charge in [0.25, 0.3) is 0 Å². The number of nitrogens with zero attached hydrogens (tertiary/aromatic N) is 1. The summed E-state index contributed by atoms with van der Waals surface area (Å²) in [6.07, 6.45) is 2.19. The van der Waals surface area contributed by atoms with Gasteiger partial charge in [-0.1, -0.05) is 11.6 Å². The maximum atomic E-state index is 6.03. The lowest BCUT2D eigenvalue weighted by Gasteiger charge is -2.41. The van der Waals surface area contributed by atoms with Crippen molar-refractivity contribution < 1.29 is 4.74 Å². The van der Waals surface area contributed by atoms with Crippen LogP contribution in [0.2, 0.25) is 5.02 Å². The van der Waals surface area contributed by atoms with Gasteiger partial charge in [0.05, 0.1) is 17.0 Å². The Morgan fingerprint density at radius 2 is 2.24 bits per heavy atom. The molecule has 1 aliphatic heterocycles. The van der Waals surface area contributed by atoms with Gasteiger partial charge in [-0.25, -0.2) is 0 Å². The molecular formula is C13H19ClN2O. The van der Waals surface area contributed by atoms with E-state index < -0.39 is 0 Å². The lowest BCUT2D eigenvalue weighted by Crippen LogP contribution is -2.47. The van der Waals surface area contributed by atoms with Gasteiger partial charge in [0.1, 0.15) is 0 Å². The van der Waals surface area contributed by atoms with E-state index in [1.807, 2.05) is 18.2 Å². The van der Waals surface area contributed by atoms with Crippen LogP contribution in [0, 0.1) is 0 Å². The van der Waals surface area contributed by atoms with E-state index in [1.54, 1.807) is 7.11 Å². The van der Waals surface area contributed by atoms with Gasteiger partial charge in [0, 0.05) is 25.2 Å². The highest BCUT2D eigenvalue weighted by Gasteiger charge is 2.31. The zero-order chi connectivity index (χ0) is 12.5. The minimum absolute atomic E-state index is 0.0903. The van der Waals surface area contributed by atoms with Crippen LogP contribution in [-0.4, -0.2) is 25.8 Å². The number of methoxy groups -OCH3 is 1. The molecule has 1 unspecified atom stereocenters. The zero-order valence-corrected chi connectivity index (χ0v) is 11.1. The van der Waals surface area contributed by atoms with Crippen LogP contribution in [0.4, 0.5) is 11.4 Å².